The van der Waals surface area contributed by atoms with Gasteiger partial charge in [-0.2, -0.15) is 0 Å². The molecule has 0 aliphatic carbocycles. The maximum Gasteiger partial charge on any atom is 0.237 e. The van der Waals surface area contributed by atoms with E-state index in [2.05, 4.69) is 10.3 Å². The summed E-state index contributed by atoms with van der Waals surface area (Å²) in [4.78, 5) is 16.1. The molecule has 5 nitrogen and oxygen atoms in total. The monoisotopic (exact) mass is 279 g/mol. The minimum atomic E-state index is -0.480. The van der Waals surface area contributed by atoms with Crippen molar-refractivity contribution in [3.05, 3.63) is 23.9 Å². The maximum atomic E-state index is 12.0. The van der Waals surface area contributed by atoms with E-state index < -0.39 is 6.04 Å². The minimum Gasteiger partial charge on any atom is -0.475 e. The van der Waals surface area contributed by atoms with Gasteiger partial charge in [0.2, 0.25) is 11.8 Å². The molecule has 20 heavy (non-hydrogen) atoms. The Labute approximate surface area is 120 Å². The second-order valence-electron chi connectivity index (χ2n) is 5.26. The molecule has 1 heterocycles. The number of ether oxygens (including phenoxy) is 1. The smallest absolute Gasteiger partial charge is 0.237 e. The van der Waals surface area contributed by atoms with Crippen molar-refractivity contribution < 1.29 is 9.53 Å². The normalized spacial score (nSPS) is 13.9. The molecule has 0 aromatic carbocycles. The lowest BCUT2D eigenvalue weighted by Gasteiger charge is -2.18. The van der Waals surface area contributed by atoms with Gasteiger partial charge >= 0.3 is 0 Å². The van der Waals surface area contributed by atoms with Gasteiger partial charge in [-0.05, 0) is 25.8 Å². The van der Waals surface area contributed by atoms with E-state index in [4.69, 9.17) is 10.5 Å². The molecular formula is C15H25N3O2. The highest BCUT2D eigenvalue weighted by Gasteiger charge is 2.19. The number of rotatable bonds is 7. The Morgan fingerprint density at radius 3 is 2.75 bits per heavy atom. The molecule has 1 aromatic heterocycles. The van der Waals surface area contributed by atoms with Gasteiger partial charge in [0.1, 0.15) is 0 Å². The summed E-state index contributed by atoms with van der Waals surface area (Å²) in [6, 6.07) is 3.23. The molecule has 3 N–H and O–H groups in total. The van der Waals surface area contributed by atoms with Crippen molar-refractivity contribution in [3.63, 3.8) is 0 Å². The molecule has 0 spiro atoms. The number of nitrogens with zero attached hydrogens (tertiary/aromatic N) is 1. The Morgan fingerprint density at radius 2 is 2.15 bits per heavy atom. The van der Waals surface area contributed by atoms with Gasteiger partial charge in [0.25, 0.3) is 0 Å². The summed E-state index contributed by atoms with van der Waals surface area (Å²) in [7, 11) is 0. The first kappa shape index (κ1) is 16.4. The van der Waals surface area contributed by atoms with Crippen molar-refractivity contribution >= 4 is 5.91 Å². The van der Waals surface area contributed by atoms with Crippen molar-refractivity contribution in [2.45, 2.75) is 52.8 Å². The number of hydrogen-bond donors (Lipinski definition) is 2. The molecule has 2 atom stereocenters. The second kappa shape index (κ2) is 7.85. The first-order chi connectivity index (χ1) is 9.45. The summed E-state index contributed by atoms with van der Waals surface area (Å²) in [6.07, 6.45) is 2.60. The molecule has 0 bridgehead atoms. The van der Waals surface area contributed by atoms with Crippen molar-refractivity contribution in [2.75, 3.05) is 0 Å². The fourth-order valence-corrected chi connectivity index (χ4v) is 1.70. The van der Waals surface area contributed by atoms with E-state index in [-0.39, 0.29) is 17.9 Å². The van der Waals surface area contributed by atoms with E-state index in [0.717, 1.165) is 12.0 Å². The Hall–Kier alpha value is -1.62. The van der Waals surface area contributed by atoms with Gasteiger partial charge in [0.05, 0.1) is 12.1 Å². The third kappa shape index (κ3) is 4.81. The van der Waals surface area contributed by atoms with Crippen LogP contribution in [0.15, 0.2) is 18.3 Å². The molecular weight excluding hydrogens is 254 g/mol. The van der Waals surface area contributed by atoms with Gasteiger partial charge < -0.3 is 15.8 Å². The average Bonchev–Trinajstić information content (AvgIpc) is 2.43. The van der Waals surface area contributed by atoms with Gasteiger partial charge in [-0.3, -0.25) is 4.79 Å². The summed E-state index contributed by atoms with van der Waals surface area (Å²) < 4.78 is 5.61. The number of nitrogens with two attached hydrogens (primary N) is 1. The number of carbonyl (C=O) groups excluding carboxylic acids is 1. The Balaban J connectivity index is 2.63. The highest BCUT2D eigenvalue weighted by molar-refractivity contribution is 5.81. The molecule has 0 unspecified atom stereocenters. The average molecular weight is 279 g/mol. The van der Waals surface area contributed by atoms with Crippen LogP contribution in [0, 0.1) is 5.92 Å². The molecule has 1 amide bonds. The Morgan fingerprint density at radius 1 is 1.45 bits per heavy atom. The summed E-state index contributed by atoms with van der Waals surface area (Å²) in [5.74, 6) is 0.578. The first-order valence-electron chi connectivity index (χ1n) is 7.09. The van der Waals surface area contributed by atoms with Crippen LogP contribution in [0.4, 0.5) is 0 Å². The van der Waals surface area contributed by atoms with Gasteiger partial charge in [-0.1, -0.05) is 26.3 Å². The van der Waals surface area contributed by atoms with Crippen LogP contribution >= 0.6 is 0 Å². The molecule has 0 saturated carbocycles. The fourth-order valence-electron chi connectivity index (χ4n) is 1.70. The summed E-state index contributed by atoms with van der Waals surface area (Å²) >= 11 is 0. The van der Waals surface area contributed by atoms with Crippen LogP contribution in [-0.4, -0.2) is 23.0 Å². The van der Waals surface area contributed by atoms with Crippen LogP contribution in [0.1, 0.15) is 39.7 Å². The maximum absolute atomic E-state index is 12.0. The molecule has 0 saturated heterocycles. The summed E-state index contributed by atoms with van der Waals surface area (Å²) in [5.41, 5.74) is 6.75. The molecule has 5 heteroatoms. The van der Waals surface area contributed by atoms with E-state index in [9.17, 15) is 4.79 Å². The zero-order valence-corrected chi connectivity index (χ0v) is 12.7. The molecule has 0 aliphatic heterocycles. The van der Waals surface area contributed by atoms with Gasteiger partial charge in [0.15, 0.2) is 0 Å². The number of aromatic nitrogens is 1. The quantitative estimate of drug-likeness (QED) is 0.798. The van der Waals surface area contributed by atoms with Crippen molar-refractivity contribution in [3.8, 4) is 5.88 Å². The summed E-state index contributed by atoms with van der Waals surface area (Å²) in [6.45, 7) is 8.25. The molecule has 1 aromatic rings. The lowest BCUT2D eigenvalue weighted by atomic mass is 9.99. The molecule has 0 radical (unpaired) electrons. The minimum absolute atomic E-state index is 0.0433. The third-order valence-corrected chi connectivity index (χ3v) is 3.21. The first-order valence-corrected chi connectivity index (χ1v) is 7.09. The zero-order valence-electron chi connectivity index (χ0n) is 12.7. The van der Waals surface area contributed by atoms with Gasteiger partial charge in [0, 0.05) is 18.3 Å². The zero-order chi connectivity index (χ0) is 15.1. The third-order valence-electron chi connectivity index (χ3n) is 3.21. The van der Waals surface area contributed by atoms with Crippen LogP contribution in [-0.2, 0) is 11.3 Å². The SMILES string of the molecule is CC[C@H](C)[C@H](N)C(=O)NCc1cccnc1OC(C)C. The van der Waals surface area contributed by atoms with Crippen LogP contribution in [0.3, 0.4) is 0 Å². The molecule has 112 valence electrons. The number of hydrogen-bond acceptors (Lipinski definition) is 4. The number of pyridine rings is 1. The lowest BCUT2D eigenvalue weighted by Crippen LogP contribution is -2.44. The van der Waals surface area contributed by atoms with E-state index >= 15 is 0 Å². The van der Waals surface area contributed by atoms with Gasteiger partial charge in [-0.25, -0.2) is 4.98 Å². The Bertz CT molecular complexity index is 435. The van der Waals surface area contributed by atoms with E-state index in [0.29, 0.717) is 12.4 Å². The molecule has 1 rings (SSSR count). The fraction of sp³-hybridized carbons (Fsp3) is 0.600. The van der Waals surface area contributed by atoms with E-state index in [1.807, 2.05) is 39.8 Å². The molecule has 0 fully saturated rings. The highest BCUT2D eigenvalue weighted by Crippen LogP contribution is 2.15. The summed E-state index contributed by atoms with van der Waals surface area (Å²) in [5, 5.41) is 2.84. The lowest BCUT2D eigenvalue weighted by molar-refractivity contribution is -0.123. The van der Waals surface area contributed by atoms with Crippen molar-refractivity contribution in [1.29, 1.82) is 0 Å². The van der Waals surface area contributed by atoms with E-state index in [1.165, 1.54) is 0 Å². The van der Waals surface area contributed by atoms with Gasteiger partial charge in [-0.15, -0.1) is 0 Å². The van der Waals surface area contributed by atoms with Crippen LogP contribution in [0.2, 0.25) is 0 Å². The highest BCUT2D eigenvalue weighted by atomic mass is 16.5. The predicted octanol–water partition coefficient (Wildman–Crippen LogP) is 1.86. The number of amides is 1. The predicted molar refractivity (Wildman–Crippen MR) is 79.3 cm³/mol. The topological polar surface area (TPSA) is 77.2 Å². The van der Waals surface area contributed by atoms with Crippen LogP contribution in [0.5, 0.6) is 5.88 Å². The standard InChI is InChI=1S/C15H25N3O2/c1-5-11(4)13(16)14(19)18-9-12-7-6-8-17-15(12)20-10(2)3/h6-8,10-11,13H,5,9,16H2,1-4H3,(H,18,19)/t11-,13-/m0/s1. The second-order valence-corrected chi connectivity index (χ2v) is 5.26. The van der Waals surface area contributed by atoms with Crippen LogP contribution in [0.25, 0.3) is 0 Å². The van der Waals surface area contributed by atoms with Crippen molar-refractivity contribution in [2.24, 2.45) is 11.7 Å². The molecule has 0 aliphatic rings. The van der Waals surface area contributed by atoms with Crippen molar-refractivity contribution in [1.82, 2.24) is 10.3 Å². The number of carbonyl (C=O) groups is 1. The largest absolute Gasteiger partial charge is 0.475 e. The number of nitrogens with one attached hydrogen (secondary N) is 1. The van der Waals surface area contributed by atoms with E-state index in [1.54, 1.807) is 6.20 Å². The Kier molecular flexibility index (Phi) is 6.45. The van der Waals surface area contributed by atoms with Crippen LogP contribution < -0.4 is 15.8 Å².